The highest BCUT2D eigenvalue weighted by Crippen LogP contribution is 2.30. The highest BCUT2D eigenvalue weighted by Gasteiger charge is 2.44. The zero-order valence-electron chi connectivity index (χ0n) is 13.1. The lowest BCUT2D eigenvalue weighted by Gasteiger charge is -2.38. The van der Waals surface area contributed by atoms with Gasteiger partial charge in [-0.3, -0.25) is 4.79 Å². The molecule has 0 aromatic heterocycles. The second-order valence-electron chi connectivity index (χ2n) is 5.70. The summed E-state index contributed by atoms with van der Waals surface area (Å²) in [5.41, 5.74) is -2.01. The van der Waals surface area contributed by atoms with E-state index in [9.17, 15) is 14.7 Å². The van der Waals surface area contributed by atoms with Gasteiger partial charge in [0.05, 0.1) is 23.7 Å². The molecule has 0 aliphatic rings. The average molecular weight is 290 g/mol. The number of hydrogen-bond donors (Lipinski definition) is 3. The first-order chi connectivity index (χ1) is 9.08. The van der Waals surface area contributed by atoms with E-state index in [2.05, 4.69) is 10.6 Å². The Kier molecular flexibility index (Phi) is 6.95. The Balaban J connectivity index is 4.49. The van der Waals surface area contributed by atoms with Crippen LogP contribution in [0.25, 0.3) is 0 Å². The monoisotopic (exact) mass is 290 g/mol. The maximum atomic E-state index is 11.8. The lowest BCUT2D eigenvalue weighted by Crippen LogP contribution is -2.59. The van der Waals surface area contributed by atoms with Crippen LogP contribution < -0.4 is 10.6 Å². The predicted molar refractivity (Wildman–Crippen MR) is 74.7 cm³/mol. The number of carboxylic acids is 1. The SMILES string of the molecule is COCC(CNC(=O)NC(C)(C)C(C)(C)C(=O)O)OC. The summed E-state index contributed by atoms with van der Waals surface area (Å²) in [7, 11) is 3.07. The van der Waals surface area contributed by atoms with Gasteiger partial charge in [-0.15, -0.1) is 0 Å². The normalized spacial score (nSPS) is 13.7. The van der Waals surface area contributed by atoms with E-state index >= 15 is 0 Å². The molecule has 1 atom stereocenters. The maximum absolute atomic E-state index is 11.8. The predicted octanol–water partition coefficient (Wildman–Crippen LogP) is 0.836. The molecule has 0 radical (unpaired) electrons. The second-order valence-corrected chi connectivity index (χ2v) is 5.70. The molecule has 0 saturated heterocycles. The Morgan fingerprint density at radius 2 is 1.75 bits per heavy atom. The van der Waals surface area contributed by atoms with Crippen molar-refractivity contribution in [3.8, 4) is 0 Å². The van der Waals surface area contributed by atoms with Gasteiger partial charge < -0.3 is 25.2 Å². The number of nitrogens with one attached hydrogen (secondary N) is 2. The Bertz CT molecular complexity index is 342. The molecule has 0 aliphatic heterocycles. The van der Waals surface area contributed by atoms with Crippen LogP contribution >= 0.6 is 0 Å². The number of carbonyl (C=O) groups is 2. The molecule has 7 nitrogen and oxygen atoms in total. The minimum absolute atomic E-state index is 0.249. The first kappa shape index (κ1) is 18.7. The summed E-state index contributed by atoms with van der Waals surface area (Å²) < 4.78 is 10.1. The number of ether oxygens (including phenoxy) is 2. The lowest BCUT2D eigenvalue weighted by atomic mass is 9.74. The molecule has 0 spiro atoms. The number of urea groups is 1. The standard InChI is InChI=1S/C13H26N2O5/c1-12(2,10(16)17)13(3,4)15-11(18)14-7-9(20-6)8-19-5/h9H,7-8H2,1-6H3,(H,16,17)(H2,14,15,18). The fraction of sp³-hybridized carbons (Fsp3) is 0.846. The molecule has 0 saturated carbocycles. The highest BCUT2D eigenvalue weighted by molar-refractivity contribution is 5.79. The second kappa shape index (κ2) is 7.44. The quantitative estimate of drug-likeness (QED) is 0.615. The van der Waals surface area contributed by atoms with Gasteiger partial charge in [0, 0.05) is 20.8 Å². The fourth-order valence-corrected chi connectivity index (χ4v) is 1.35. The van der Waals surface area contributed by atoms with E-state index in [4.69, 9.17) is 9.47 Å². The van der Waals surface area contributed by atoms with Gasteiger partial charge in [-0.05, 0) is 27.7 Å². The van der Waals surface area contributed by atoms with Crippen LogP contribution in [0.15, 0.2) is 0 Å². The third kappa shape index (κ3) is 4.97. The van der Waals surface area contributed by atoms with Crippen LogP contribution in [0.3, 0.4) is 0 Å². The number of rotatable bonds is 8. The molecule has 7 heteroatoms. The van der Waals surface area contributed by atoms with Crippen molar-refractivity contribution in [1.29, 1.82) is 0 Å². The van der Waals surface area contributed by atoms with Crippen molar-refractivity contribution >= 4 is 12.0 Å². The van der Waals surface area contributed by atoms with E-state index < -0.39 is 23.0 Å². The summed E-state index contributed by atoms with van der Waals surface area (Å²) >= 11 is 0. The van der Waals surface area contributed by atoms with Crippen LogP contribution in [0.2, 0.25) is 0 Å². The van der Waals surface area contributed by atoms with Gasteiger partial charge in [0.2, 0.25) is 0 Å². The van der Waals surface area contributed by atoms with Crippen molar-refractivity contribution in [2.24, 2.45) is 5.41 Å². The first-order valence-corrected chi connectivity index (χ1v) is 6.39. The first-order valence-electron chi connectivity index (χ1n) is 6.39. The Hall–Kier alpha value is -1.34. The third-order valence-corrected chi connectivity index (χ3v) is 3.70. The number of carboxylic acid groups (broad SMARTS) is 1. The molecule has 0 fully saturated rings. The zero-order chi connectivity index (χ0) is 16.0. The molecule has 0 aromatic rings. The van der Waals surface area contributed by atoms with E-state index in [0.29, 0.717) is 6.61 Å². The van der Waals surface area contributed by atoms with E-state index in [1.54, 1.807) is 34.8 Å². The van der Waals surface area contributed by atoms with Gasteiger partial charge in [0.25, 0.3) is 0 Å². The third-order valence-electron chi connectivity index (χ3n) is 3.70. The molecular weight excluding hydrogens is 264 g/mol. The number of hydrogen-bond acceptors (Lipinski definition) is 4. The smallest absolute Gasteiger partial charge is 0.315 e. The highest BCUT2D eigenvalue weighted by atomic mass is 16.5. The van der Waals surface area contributed by atoms with Gasteiger partial charge in [0.15, 0.2) is 0 Å². The Morgan fingerprint density at radius 3 is 2.15 bits per heavy atom. The molecule has 0 aromatic carbocycles. The molecule has 0 bridgehead atoms. The van der Waals surface area contributed by atoms with Crippen LogP contribution in [0.5, 0.6) is 0 Å². The Morgan fingerprint density at radius 1 is 1.20 bits per heavy atom. The van der Waals surface area contributed by atoms with Crippen LogP contribution in [0.4, 0.5) is 4.79 Å². The summed E-state index contributed by atoms with van der Waals surface area (Å²) in [5, 5.41) is 14.5. The molecule has 0 aliphatic carbocycles. The lowest BCUT2D eigenvalue weighted by molar-refractivity contribution is -0.150. The number of methoxy groups -OCH3 is 2. The Labute approximate surface area is 120 Å². The van der Waals surface area contributed by atoms with Gasteiger partial charge in [-0.2, -0.15) is 0 Å². The minimum atomic E-state index is -1.10. The molecule has 20 heavy (non-hydrogen) atoms. The van der Waals surface area contributed by atoms with Crippen LogP contribution in [0, 0.1) is 5.41 Å². The molecule has 2 amide bonds. The summed E-state index contributed by atoms with van der Waals surface area (Å²) in [6, 6.07) is -0.442. The molecule has 0 heterocycles. The zero-order valence-corrected chi connectivity index (χ0v) is 13.1. The van der Waals surface area contributed by atoms with Crippen molar-refractivity contribution in [1.82, 2.24) is 10.6 Å². The summed E-state index contributed by atoms with van der Waals surface area (Å²) in [4.78, 5) is 23.1. The number of amides is 2. The minimum Gasteiger partial charge on any atom is -0.481 e. The van der Waals surface area contributed by atoms with E-state index in [-0.39, 0.29) is 12.6 Å². The van der Waals surface area contributed by atoms with E-state index in [0.717, 1.165) is 0 Å². The molecule has 118 valence electrons. The summed E-state index contributed by atoms with van der Waals surface area (Å²) in [6.45, 7) is 7.12. The van der Waals surface area contributed by atoms with E-state index in [1.807, 2.05) is 0 Å². The molecule has 3 N–H and O–H groups in total. The van der Waals surface area contributed by atoms with Gasteiger partial charge in [-0.25, -0.2) is 4.79 Å². The largest absolute Gasteiger partial charge is 0.481 e. The number of carbonyl (C=O) groups excluding carboxylic acids is 1. The summed E-state index contributed by atoms with van der Waals surface area (Å²) in [5.74, 6) is -0.975. The molecular formula is C13H26N2O5. The number of aliphatic carboxylic acids is 1. The average Bonchev–Trinajstić information content (AvgIpc) is 2.33. The van der Waals surface area contributed by atoms with Crippen LogP contribution in [0.1, 0.15) is 27.7 Å². The van der Waals surface area contributed by atoms with Crippen molar-refractivity contribution in [3.05, 3.63) is 0 Å². The molecule has 1 unspecified atom stereocenters. The van der Waals surface area contributed by atoms with Gasteiger partial charge in [-0.1, -0.05) is 0 Å². The van der Waals surface area contributed by atoms with Crippen LogP contribution in [-0.4, -0.2) is 56.1 Å². The van der Waals surface area contributed by atoms with E-state index in [1.165, 1.54) is 7.11 Å². The van der Waals surface area contributed by atoms with Gasteiger partial charge >= 0.3 is 12.0 Å². The van der Waals surface area contributed by atoms with Crippen molar-refractivity contribution in [2.75, 3.05) is 27.4 Å². The van der Waals surface area contributed by atoms with Crippen molar-refractivity contribution in [2.45, 2.75) is 39.3 Å². The maximum Gasteiger partial charge on any atom is 0.315 e. The van der Waals surface area contributed by atoms with Crippen molar-refractivity contribution in [3.63, 3.8) is 0 Å². The van der Waals surface area contributed by atoms with Crippen molar-refractivity contribution < 1.29 is 24.2 Å². The molecule has 0 rings (SSSR count). The summed E-state index contributed by atoms with van der Waals surface area (Å²) in [6.07, 6.45) is -0.249. The topological polar surface area (TPSA) is 96.9 Å². The fourth-order valence-electron chi connectivity index (χ4n) is 1.35. The van der Waals surface area contributed by atoms with Gasteiger partial charge in [0.1, 0.15) is 0 Å². The van der Waals surface area contributed by atoms with Crippen LogP contribution in [-0.2, 0) is 14.3 Å².